The van der Waals surface area contributed by atoms with Crippen molar-refractivity contribution < 1.29 is 28.9 Å². The number of hydrogen-bond donors (Lipinski definition) is 1. The molecule has 0 fully saturated rings. The van der Waals surface area contributed by atoms with E-state index in [4.69, 9.17) is 14.2 Å². The van der Waals surface area contributed by atoms with Crippen molar-refractivity contribution in [3.63, 3.8) is 0 Å². The van der Waals surface area contributed by atoms with E-state index in [9.17, 15) is 14.7 Å². The Morgan fingerprint density at radius 2 is 1.63 bits per heavy atom. The largest absolute Gasteiger partial charge is 0.546 e. The van der Waals surface area contributed by atoms with E-state index < -0.39 is 18.5 Å². The van der Waals surface area contributed by atoms with Gasteiger partial charge in [0.25, 0.3) is 5.91 Å². The zero-order valence-corrected chi connectivity index (χ0v) is 15.1. The lowest BCUT2D eigenvalue weighted by Crippen LogP contribution is -2.28. The summed E-state index contributed by atoms with van der Waals surface area (Å²) in [5.41, 5.74) is 4.15. The number of carboxylic acid groups (broad SMARTS) is 1. The molecule has 0 spiro atoms. The van der Waals surface area contributed by atoms with Crippen molar-refractivity contribution in [3.05, 3.63) is 53.6 Å². The van der Waals surface area contributed by atoms with Gasteiger partial charge in [-0.25, -0.2) is 5.43 Å². The van der Waals surface area contributed by atoms with Crippen LogP contribution >= 0.6 is 0 Å². The number of carbonyl (C=O) groups excluding carboxylic acids is 2. The second-order valence-electron chi connectivity index (χ2n) is 5.39. The van der Waals surface area contributed by atoms with Crippen LogP contribution in [0.15, 0.2) is 47.6 Å². The third-order valence-electron chi connectivity index (χ3n) is 3.60. The van der Waals surface area contributed by atoms with Crippen LogP contribution in [0.25, 0.3) is 0 Å². The molecule has 0 saturated heterocycles. The van der Waals surface area contributed by atoms with E-state index in [-0.39, 0.29) is 0 Å². The van der Waals surface area contributed by atoms with Gasteiger partial charge in [-0.2, -0.15) is 5.10 Å². The van der Waals surface area contributed by atoms with E-state index in [0.717, 1.165) is 5.56 Å². The number of carbonyl (C=O) groups is 2. The zero-order valence-electron chi connectivity index (χ0n) is 15.1. The van der Waals surface area contributed by atoms with Gasteiger partial charge >= 0.3 is 0 Å². The Morgan fingerprint density at radius 3 is 2.22 bits per heavy atom. The quantitative estimate of drug-likeness (QED) is 0.547. The Morgan fingerprint density at radius 1 is 1.00 bits per heavy atom. The molecule has 8 heteroatoms. The SMILES string of the molecule is COc1ccc(C(=O)N/N=C(/C)c2ccc(OCC(=O)[O-])cc2)cc1OC. The fourth-order valence-corrected chi connectivity index (χ4v) is 2.18. The monoisotopic (exact) mass is 371 g/mol. The third kappa shape index (κ3) is 5.46. The second-order valence-corrected chi connectivity index (χ2v) is 5.39. The maximum absolute atomic E-state index is 12.3. The fourth-order valence-electron chi connectivity index (χ4n) is 2.18. The van der Waals surface area contributed by atoms with Gasteiger partial charge in [-0.15, -0.1) is 0 Å². The third-order valence-corrected chi connectivity index (χ3v) is 3.60. The van der Waals surface area contributed by atoms with E-state index in [1.54, 1.807) is 49.4 Å². The van der Waals surface area contributed by atoms with Crippen LogP contribution in [-0.4, -0.2) is 38.4 Å². The second kappa shape index (κ2) is 9.23. The summed E-state index contributed by atoms with van der Waals surface area (Å²) >= 11 is 0. The maximum Gasteiger partial charge on any atom is 0.271 e. The van der Waals surface area contributed by atoms with Crippen LogP contribution in [0.1, 0.15) is 22.8 Å². The van der Waals surface area contributed by atoms with E-state index in [1.807, 2.05) is 0 Å². The Labute approximate surface area is 156 Å². The van der Waals surface area contributed by atoms with Gasteiger partial charge in [0.05, 0.1) is 25.9 Å². The smallest absolute Gasteiger partial charge is 0.271 e. The van der Waals surface area contributed by atoms with Gasteiger partial charge < -0.3 is 24.1 Å². The van der Waals surface area contributed by atoms with Crippen LogP contribution < -0.4 is 24.7 Å². The number of nitrogens with one attached hydrogen (secondary N) is 1. The van der Waals surface area contributed by atoms with Gasteiger partial charge in [0.2, 0.25) is 0 Å². The summed E-state index contributed by atoms with van der Waals surface area (Å²) in [6.45, 7) is 1.21. The number of hydrogen-bond acceptors (Lipinski definition) is 7. The van der Waals surface area contributed by atoms with Crippen molar-refractivity contribution in [2.24, 2.45) is 5.10 Å². The standard InChI is InChI=1S/C19H20N2O6/c1-12(13-4-7-15(8-5-13)27-11-18(22)23)20-21-19(24)14-6-9-16(25-2)17(10-14)26-3/h4-10H,11H2,1-3H3,(H,21,24)(H,22,23)/p-1/b20-12-. The summed E-state index contributed by atoms with van der Waals surface area (Å²) in [4.78, 5) is 22.6. The lowest BCUT2D eigenvalue weighted by molar-refractivity contribution is -0.307. The van der Waals surface area contributed by atoms with Crippen LogP contribution in [0.4, 0.5) is 0 Å². The molecule has 1 amide bonds. The number of carboxylic acids is 1. The molecular weight excluding hydrogens is 352 g/mol. The number of rotatable bonds is 8. The number of amides is 1. The predicted molar refractivity (Wildman–Crippen MR) is 96.2 cm³/mol. The Balaban J connectivity index is 2.04. The molecule has 1 N–H and O–H groups in total. The van der Waals surface area contributed by atoms with Crippen molar-refractivity contribution in [1.82, 2.24) is 5.43 Å². The van der Waals surface area contributed by atoms with E-state index >= 15 is 0 Å². The van der Waals surface area contributed by atoms with Gasteiger partial charge in [0, 0.05) is 5.56 Å². The minimum Gasteiger partial charge on any atom is -0.546 e. The molecule has 0 saturated carbocycles. The summed E-state index contributed by atoms with van der Waals surface area (Å²) in [5, 5.41) is 14.5. The van der Waals surface area contributed by atoms with Crippen LogP contribution in [0.5, 0.6) is 17.2 Å². The first-order valence-electron chi connectivity index (χ1n) is 7.94. The highest BCUT2D eigenvalue weighted by molar-refractivity contribution is 6.01. The molecule has 0 atom stereocenters. The fraction of sp³-hybridized carbons (Fsp3) is 0.211. The molecule has 0 aromatic heterocycles. The average Bonchev–Trinajstić information content (AvgIpc) is 2.69. The number of hydrazone groups is 1. The van der Waals surface area contributed by atoms with E-state index in [1.165, 1.54) is 14.2 Å². The van der Waals surface area contributed by atoms with Crippen LogP contribution in [0.3, 0.4) is 0 Å². The van der Waals surface area contributed by atoms with E-state index in [0.29, 0.717) is 28.5 Å². The van der Waals surface area contributed by atoms with Crippen molar-refractivity contribution in [2.75, 3.05) is 20.8 Å². The molecule has 0 aliphatic carbocycles. The van der Waals surface area contributed by atoms with Gasteiger partial charge in [0.1, 0.15) is 12.4 Å². The van der Waals surface area contributed by atoms with Crippen LogP contribution in [-0.2, 0) is 4.79 Å². The van der Waals surface area contributed by atoms with Crippen molar-refractivity contribution >= 4 is 17.6 Å². The first-order valence-corrected chi connectivity index (χ1v) is 7.94. The minimum absolute atomic E-state index is 0.371. The van der Waals surface area contributed by atoms with Crippen LogP contribution in [0.2, 0.25) is 0 Å². The number of methoxy groups -OCH3 is 2. The number of ether oxygens (including phenoxy) is 3. The Bertz CT molecular complexity index is 846. The molecule has 27 heavy (non-hydrogen) atoms. The molecule has 0 bridgehead atoms. The molecule has 0 radical (unpaired) electrons. The molecule has 0 unspecified atom stereocenters. The van der Waals surface area contributed by atoms with Gasteiger partial charge in [-0.3, -0.25) is 4.79 Å². The van der Waals surface area contributed by atoms with E-state index in [2.05, 4.69) is 10.5 Å². The number of benzene rings is 2. The van der Waals surface area contributed by atoms with Crippen molar-refractivity contribution in [2.45, 2.75) is 6.92 Å². The van der Waals surface area contributed by atoms with Crippen LogP contribution in [0, 0.1) is 0 Å². The molecule has 142 valence electrons. The minimum atomic E-state index is -1.30. The molecule has 2 aromatic rings. The molecular formula is C19H19N2O6-. The topological polar surface area (TPSA) is 109 Å². The van der Waals surface area contributed by atoms with Crippen molar-refractivity contribution in [3.8, 4) is 17.2 Å². The normalized spacial score (nSPS) is 10.9. The van der Waals surface area contributed by atoms with Gasteiger partial charge in [0.15, 0.2) is 11.5 Å². The lowest BCUT2D eigenvalue weighted by atomic mass is 10.1. The first kappa shape index (κ1) is 19.8. The Kier molecular flexibility index (Phi) is 6.76. The number of nitrogens with zero attached hydrogens (tertiary/aromatic N) is 1. The highest BCUT2D eigenvalue weighted by atomic mass is 16.5. The summed E-state index contributed by atoms with van der Waals surface area (Å²) in [7, 11) is 3.00. The van der Waals surface area contributed by atoms with Crippen molar-refractivity contribution in [1.29, 1.82) is 0 Å². The first-order chi connectivity index (χ1) is 12.9. The predicted octanol–water partition coefficient (Wildman–Crippen LogP) is 0.986. The summed E-state index contributed by atoms with van der Waals surface area (Å²) in [5.74, 6) is -0.336. The highest BCUT2D eigenvalue weighted by Gasteiger charge is 2.10. The number of aliphatic carboxylic acids is 1. The molecule has 0 aliphatic heterocycles. The van der Waals surface area contributed by atoms with Gasteiger partial charge in [-0.1, -0.05) is 0 Å². The summed E-state index contributed by atoms with van der Waals surface area (Å²) < 4.78 is 15.3. The molecule has 8 nitrogen and oxygen atoms in total. The maximum atomic E-state index is 12.3. The zero-order chi connectivity index (χ0) is 19.8. The lowest BCUT2D eigenvalue weighted by Gasteiger charge is -2.09. The molecule has 0 heterocycles. The molecule has 0 aliphatic rings. The van der Waals surface area contributed by atoms with Gasteiger partial charge in [-0.05, 0) is 55.0 Å². The molecule has 2 aromatic carbocycles. The highest BCUT2D eigenvalue weighted by Crippen LogP contribution is 2.27. The molecule has 2 rings (SSSR count). The Hall–Kier alpha value is -3.55. The average molecular weight is 371 g/mol. The summed E-state index contributed by atoms with van der Waals surface area (Å²) in [6, 6.07) is 11.4. The summed E-state index contributed by atoms with van der Waals surface area (Å²) in [6.07, 6.45) is 0.